The number of allylic oxidation sites excluding steroid dienone is 3. The molecule has 0 aliphatic heterocycles. The maximum absolute atomic E-state index is 12.5. The molecule has 0 saturated heterocycles. The normalized spacial score (nSPS) is 11.6. The van der Waals surface area contributed by atoms with Crippen LogP contribution in [0.3, 0.4) is 0 Å². The molecule has 0 aliphatic rings. The number of hydrogen-bond donors (Lipinski definition) is 0. The SMILES string of the molecule is COc1cccc2oc(=O)c(OC(C)C)c(OCC=C(C)CCC=C(C)C)c12. The van der Waals surface area contributed by atoms with Crippen LogP contribution in [0, 0.1) is 0 Å². The summed E-state index contributed by atoms with van der Waals surface area (Å²) in [6, 6.07) is 5.28. The van der Waals surface area contributed by atoms with Gasteiger partial charge in [0, 0.05) is 0 Å². The van der Waals surface area contributed by atoms with Gasteiger partial charge < -0.3 is 18.6 Å². The molecule has 0 saturated carbocycles. The van der Waals surface area contributed by atoms with Gasteiger partial charge in [0.05, 0.1) is 13.2 Å². The first kappa shape index (κ1) is 21.6. The molecule has 0 unspecified atom stereocenters. The molecular formula is C23H30O5. The minimum atomic E-state index is -0.561. The van der Waals surface area contributed by atoms with Crippen molar-refractivity contribution in [1.82, 2.24) is 0 Å². The van der Waals surface area contributed by atoms with Gasteiger partial charge >= 0.3 is 5.63 Å². The highest BCUT2D eigenvalue weighted by Gasteiger charge is 2.21. The van der Waals surface area contributed by atoms with Gasteiger partial charge in [0.25, 0.3) is 0 Å². The molecule has 1 heterocycles. The van der Waals surface area contributed by atoms with E-state index in [0.29, 0.717) is 29.1 Å². The third kappa shape index (κ3) is 5.65. The Hall–Kier alpha value is -2.69. The Labute approximate surface area is 166 Å². The molecule has 152 valence electrons. The van der Waals surface area contributed by atoms with Crippen molar-refractivity contribution in [3.63, 3.8) is 0 Å². The Bertz CT molecular complexity index is 914. The average Bonchev–Trinajstić information content (AvgIpc) is 2.62. The summed E-state index contributed by atoms with van der Waals surface area (Å²) in [6.45, 7) is 10.3. The van der Waals surface area contributed by atoms with Gasteiger partial charge in [-0.2, -0.15) is 0 Å². The van der Waals surface area contributed by atoms with Crippen molar-refractivity contribution in [2.24, 2.45) is 0 Å². The Balaban J connectivity index is 2.37. The summed E-state index contributed by atoms with van der Waals surface area (Å²) in [4.78, 5) is 12.5. The highest BCUT2D eigenvalue weighted by molar-refractivity contribution is 5.91. The largest absolute Gasteiger partial charge is 0.496 e. The highest BCUT2D eigenvalue weighted by atomic mass is 16.5. The molecule has 2 aromatic rings. The number of hydrogen-bond acceptors (Lipinski definition) is 5. The van der Waals surface area contributed by atoms with Crippen molar-refractivity contribution in [3.05, 3.63) is 51.9 Å². The van der Waals surface area contributed by atoms with E-state index in [-0.39, 0.29) is 11.9 Å². The molecule has 0 aliphatic carbocycles. The van der Waals surface area contributed by atoms with Crippen LogP contribution in [0.5, 0.6) is 17.2 Å². The lowest BCUT2D eigenvalue weighted by Crippen LogP contribution is -2.15. The second kappa shape index (κ2) is 10.0. The summed E-state index contributed by atoms with van der Waals surface area (Å²) in [7, 11) is 1.57. The van der Waals surface area contributed by atoms with E-state index in [0.717, 1.165) is 12.8 Å². The molecule has 0 bridgehead atoms. The van der Waals surface area contributed by atoms with Gasteiger partial charge in [-0.15, -0.1) is 0 Å². The molecule has 1 aromatic carbocycles. The minimum absolute atomic E-state index is 0.0718. The minimum Gasteiger partial charge on any atom is -0.496 e. The Morgan fingerprint density at radius 2 is 1.89 bits per heavy atom. The van der Waals surface area contributed by atoms with Crippen LogP contribution in [0.4, 0.5) is 0 Å². The summed E-state index contributed by atoms with van der Waals surface area (Å²) in [5.74, 6) is 0.988. The number of fused-ring (bicyclic) bond motifs is 1. The smallest absolute Gasteiger partial charge is 0.383 e. The molecule has 0 N–H and O–H groups in total. The van der Waals surface area contributed by atoms with Crippen molar-refractivity contribution < 1.29 is 18.6 Å². The summed E-state index contributed by atoms with van der Waals surface area (Å²) in [5, 5.41) is 0.593. The first-order chi connectivity index (χ1) is 13.3. The zero-order valence-electron chi connectivity index (χ0n) is 17.6. The van der Waals surface area contributed by atoms with Gasteiger partial charge in [0.2, 0.25) is 5.75 Å². The van der Waals surface area contributed by atoms with E-state index in [1.54, 1.807) is 25.3 Å². The molecule has 5 heteroatoms. The number of methoxy groups -OCH3 is 1. The lowest BCUT2D eigenvalue weighted by atomic mass is 10.1. The fraction of sp³-hybridized carbons (Fsp3) is 0.435. The van der Waals surface area contributed by atoms with Gasteiger partial charge in [-0.3, -0.25) is 0 Å². The number of ether oxygens (including phenoxy) is 3. The first-order valence-electron chi connectivity index (χ1n) is 9.55. The summed E-state index contributed by atoms with van der Waals surface area (Å²) in [6.07, 6.45) is 6.00. The molecule has 0 radical (unpaired) electrons. The van der Waals surface area contributed by atoms with Crippen molar-refractivity contribution in [2.75, 3.05) is 13.7 Å². The van der Waals surface area contributed by atoms with E-state index in [1.807, 2.05) is 19.9 Å². The van der Waals surface area contributed by atoms with E-state index < -0.39 is 5.63 Å². The van der Waals surface area contributed by atoms with E-state index in [1.165, 1.54) is 11.1 Å². The van der Waals surface area contributed by atoms with Crippen LogP contribution in [0.15, 0.2) is 50.7 Å². The first-order valence-corrected chi connectivity index (χ1v) is 9.55. The Morgan fingerprint density at radius 1 is 1.14 bits per heavy atom. The van der Waals surface area contributed by atoms with Crippen molar-refractivity contribution in [1.29, 1.82) is 0 Å². The van der Waals surface area contributed by atoms with Gasteiger partial charge in [-0.25, -0.2) is 4.79 Å². The maximum atomic E-state index is 12.5. The van der Waals surface area contributed by atoms with Crippen molar-refractivity contribution in [3.8, 4) is 17.2 Å². The average molecular weight is 386 g/mol. The molecule has 0 fully saturated rings. The van der Waals surface area contributed by atoms with E-state index in [2.05, 4.69) is 26.8 Å². The van der Waals surface area contributed by atoms with Crippen LogP contribution in [0.25, 0.3) is 11.0 Å². The number of benzene rings is 1. The van der Waals surface area contributed by atoms with E-state index in [9.17, 15) is 4.79 Å². The van der Waals surface area contributed by atoms with Crippen LogP contribution in [-0.4, -0.2) is 19.8 Å². The van der Waals surface area contributed by atoms with E-state index in [4.69, 9.17) is 18.6 Å². The van der Waals surface area contributed by atoms with Crippen molar-refractivity contribution >= 4 is 11.0 Å². The Kier molecular flexibility index (Phi) is 7.73. The van der Waals surface area contributed by atoms with Crippen LogP contribution in [0.1, 0.15) is 47.5 Å². The fourth-order valence-corrected chi connectivity index (χ4v) is 2.78. The highest BCUT2D eigenvalue weighted by Crippen LogP contribution is 2.39. The molecule has 0 amide bonds. The van der Waals surface area contributed by atoms with Gasteiger partial charge in [-0.05, 0) is 65.7 Å². The molecule has 1 aromatic heterocycles. The zero-order valence-corrected chi connectivity index (χ0v) is 17.6. The topological polar surface area (TPSA) is 57.9 Å². The second-order valence-corrected chi connectivity index (χ2v) is 7.23. The fourth-order valence-electron chi connectivity index (χ4n) is 2.78. The zero-order chi connectivity index (χ0) is 20.7. The van der Waals surface area contributed by atoms with Gasteiger partial charge in [0.15, 0.2) is 5.75 Å². The lowest BCUT2D eigenvalue weighted by Gasteiger charge is -2.16. The molecule has 5 nitrogen and oxygen atoms in total. The molecule has 28 heavy (non-hydrogen) atoms. The molecule has 0 atom stereocenters. The van der Waals surface area contributed by atoms with Gasteiger partial charge in [-0.1, -0.05) is 23.3 Å². The second-order valence-electron chi connectivity index (χ2n) is 7.23. The third-order valence-corrected chi connectivity index (χ3v) is 4.13. The Morgan fingerprint density at radius 3 is 2.54 bits per heavy atom. The predicted molar refractivity (Wildman–Crippen MR) is 113 cm³/mol. The molecule has 0 spiro atoms. The summed E-state index contributed by atoms with van der Waals surface area (Å²) in [5.41, 5.74) is 2.38. The monoisotopic (exact) mass is 386 g/mol. The molecular weight excluding hydrogens is 356 g/mol. The standard InChI is InChI=1S/C23H30O5/c1-15(2)9-7-10-17(5)13-14-26-21-20-18(25-6)11-8-12-19(20)28-23(24)22(21)27-16(3)4/h8-9,11-13,16H,7,10,14H2,1-6H3. The predicted octanol–water partition coefficient (Wildman–Crippen LogP) is 5.66. The maximum Gasteiger partial charge on any atom is 0.383 e. The summed E-state index contributed by atoms with van der Waals surface area (Å²) >= 11 is 0. The number of rotatable bonds is 9. The van der Waals surface area contributed by atoms with Crippen LogP contribution < -0.4 is 19.8 Å². The quantitative estimate of drug-likeness (QED) is 0.411. The third-order valence-electron chi connectivity index (χ3n) is 4.13. The molecule has 2 rings (SSSR count). The van der Waals surface area contributed by atoms with Crippen molar-refractivity contribution in [2.45, 2.75) is 53.6 Å². The summed E-state index contributed by atoms with van der Waals surface area (Å²) < 4.78 is 22.6. The van der Waals surface area contributed by atoms with E-state index >= 15 is 0 Å². The van der Waals surface area contributed by atoms with Crippen LogP contribution in [-0.2, 0) is 0 Å². The van der Waals surface area contributed by atoms with Crippen LogP contribution >= 0.6 is 0 Å². The lowest BCUT2D eigenvalue weighted by molar-refractivity contribution is 0.216. The van der Waals surface area contributed by atoms with Gasteiger partial charge in [0.1, 0.15) is 23.3 Å². The van der Waals surface area contributed by atoms with Crippen LogP contribution in [0.2, 0.25) is 0 Å².